The van der Waals surface area contributed by atoms with E-state index in [9.17, 15) is 0 Å². The molecule has 0 amide bonds. The van der Waals surface area contributed by atoms with Crippen molar-refractivity contribution in [1.29, 1.82) is 0 Å². The summed E-state index contributed by atoms with van der Waals surface area (Å²) in [5.74, 6) is 0. The Labute approximate surface area is 145 Å². The number of alkyl halides is 2. The third-order valence-electron chi connectivity index (χ3n) is 3.52. The fraction of sp³-hybridized carbons (Fsp3) is 0.400. The standard InChI is InChI=1S/C15H17Br3N2/c1-2-20-9-12(8-19-20)7-15(10-16,11-17)13-3-5-14(18)6-4-13/h3-6,8-9H,2,7,10-11H2,1H3. The number of nitrogens with zero attached hydrogens (tertiary/aromatic N) is 2. The summed E-state index contributed by atoms with van der Waals surface area (Å²) < 4.78 is 3.09. The Balaban J connectivity index is 2.31. The number of aromatic nitrogens is 2. The van der Waals surface area contributed by atoms with Gasteiger partial charge < -0.3 is 0 Å². The molecule has 0 aliphatic heterocycles. The SMILES string of the molecule is CCn1cc(CC(CBr)(CBr)c2ccc(Br)cc2)cn1. The lowest BCUT2D eigenvalue weighted by Crippen LogP contribution is -2.32. The minimum absolute atomic E-state index is 0.0440. The molecule has 0 aliphatic rings. The Hall–Kier alpha value is -0.130. The molecule has 0 atom stereocenters. The van der Waals surface area contributed by atoms with E-state index in [1.165, 1.54) is 11.1 Å². The van der Waals surface area contributed by atoms with Crippen molar-refractivity contribution in [2.45, 2.75) is 25.3 Å². The van der Waals surface area contributed by atoms with Gasteiger partial charge >= 0.3 is 0 Å². The van der Waals surface area contributed by atoms with Crippen LogP contribution in [0.1, 0.15) is 18.1 Å². The molecule has 108 valence electrons. The molecule has 1 aromatic heterocycles. The van der Waals surface area contributed by atoms with Crippen molar-refractivity contribution in [3.8, 4) is 0 Å². The second kappa shape index (κ2) is 7.23. The van der Waals surface area contributed by atoms with Gasteiger partial charge in [0.05, 0.1) is 6.20 Å². The Morgan fingerprint density at radius 1 is 1.15 bits per heavy atom. The Kier molecular flexibility index (Phi) is 5.87. The molecule has 2 rings (SSSR count). The lowest BCUT2D eigenvalue weighted by Gasteiger charge is -2.30. The number of aryl methyl sites for hydroxylation is 1. The maximum Gasteiger partial charge on any atom is 0.0522 e. The van der Waals surface area contributed by atoms with Crippen molar-refractivity contribution < 1.29 is 0 Å². The Morgan fingerprint density at radius 2 is 1.80 bits per heavy atom. The van der Waals surface area contributed by atoms with Crippen molar-refractivity contribution in [1.82, 2.24) is 9.78 Å². The van der Waals surface area contributed by atoms with Crippen molar-refractivity contribution in [3.05, 3.63) is 52.3 Å². The summed E-state index contributed by atoms with van der Waals surface area (Å²) in [7, 11) is 0. The molecule has 5 heteroatoms. The highest BCUT2D eigenvalue weighted by atomic mass is 79.9. The Morgan fingerprint density at radius 3 is 2.30 bits per heavy atom. The molecular formula is C15H17Br3N2. The topological polar surface area (TPSA) is 17.8 Å². The van der Waals surface area contributed by atoms with Gasteiger partial charge in [-0.15, -0.1) is 0 Å². The van der Waals surface area contributed by atoms with Crippen LogP contribution in [0.3, 0.4) is 0 Å². The van der Waals surface area contributed by atoms with Crippen molar-refractivity contribution >= 4 is 47.8 Å². The number of hydrogen-bond donors (Lipinski definition) is 0. The van der Waals surface area contributed by atoms with Crippen LogP contribution in [0.5, 0.6) is 0 Å². The van der Waals surface area contributed by atoms with E-state index < -0.39 is 0 Å². The van der Waals surface area contributed by atoms with Gasteiger partial charge in [0.1, 0.15) is 0 Å². The van der Waals surface area contributed by atoms with E-state index in [2.05, 4.69) is 90.3 Å². The average Bonchev–Trinajstić information content (AvgIpc) is 2.93. The van der Waals surface area contributed by atoms with Crippen LogP contribution < -0.4 is 0 Å². The highest BCUT2D eigenvalue weighted by Crippen LogP contribution is 2.33. The van der Waals surface area contributed by atoms with E-state index in [0.717, 1.165) is 28.1 Å². The minimum atomic E-state index is 0.0440. The molecule has 1 heterocycles. The first kappa shape index (κ1) is 16.2. The summed E-state index contributed by atoms with van der Waals surface area (Å²) in [6, 6.07) is 8.59. The molecule has 1 aromatic carbocycles. The van der Waals surface area contributed by atoms with Crippen LogP contribution in [0, 0.1) is 0 Å². The van der Waals surface area contributed by atoms with Gasteiger partial charge in [-0.1, -0.05) is 59.9 Å². The summed E-state index contributed by atoms with van der Waals surface area (Å²) >= 11 is 10.9. The third kappa shape index (κ3) is 3.55. The second-order valence-corrected chi connectivity index (χ2v) is 6.97. The maximum absolute atomic E-state index is 4.37. The van der Waals surface area contributed by atoms with Crippen molar-refractivity contribution in [2.24, 2.45) is 0 Å². The van der Waals surface area contributed by atoms with Crippen LogP contribution in [0.25, 0.3) is 0 Å². The number of rotatable bonds is 6. The molecule has 0 aliphatic carbocycles. The van der Waals surface area contributed by atoms with Gasteiger partial charge in [-0.05, 0) is 36.6 Å². The Bertz CT molecular complexity index is 545. The quantitative estimate of drug-likeness (QED) is 0.554. The predicted octanol–water partition coefficient (Wildman–Crippen LogP) is 4.94. The molecule has 0 spiro atoms. The van der Waals surface area contributed by atoms with Gasteiger partial charge in [-0.2, -0.15) is 5.10 Å². The molecular weight excluding hydrogens is 448 g/mol. The first-order valence-corrected chi connectivity index (χ1v) is 9.56. The molecule has 2 nitrogen and oxygen atoms in total. The zero-order chi connectivity index (χ0) is 14.6. The molecule has 0 radical (unpaired) electrons. The zero-order valence-corrected chi connectivity index (χ0v) is 16.1. The third-order valence-corrected chi connectivity index (χ3v) is 6.20. The molecule has 20 heavy (non-hydrogen) atoms. The minimum Gasteiger partial charge on any atom is -0.273 e. The monoisotopic (exact) mass is 462 g/mol. The largest absolute Gasteiger partial charge is 0.273 e. The normalized spacial score (nSPS) is 11.8. The number of benzene rings is 1. The van der Waals surface area contributed by atoms with Crippen LogP contribution in [-0.4, -0.2) is 20.4 Å². The smallest absolute Gasteiger partial charge is 0.0522 e. The van der Waals surface area contributed by atoms with E-state index in [4.69, 9.17) is 0 Å². The van der Waals surface area contributed by atoms with Crippen LogP contribution in [-0.2, 0) is 18.4 Å². The summed E-state index contributed by atoms with van der Waals surface area (Å²) in [5, 5.41) is 6.19. The molecule has 0 unspecified atom stereocenters. The van der Waals surface area contributed by atoms with E-state index in [1.54, 1.807) is 0 Å². The average molecular weight is 465 g/mol. The van der Waals surface area contributed by atoms with Gasteiger partial charge in [0.25, 0.3) is 0 Å². The summed E-state index contributed by atoms with van der Waals surface area (Å²) in [6.07, 6.45) is 5.08. The second-order valence-electron chi connectivity index (χ2n) is 4.94. The van der Waals surface area contributed by atoms with Gasteiger partial charge in [-0.25, -0.2) is 0 Å². The molecule has 0 fully saturated rings. The zero-order valence-electron chi connectivity index (χ0n) is 11.3. The maximum atomic E-state index is 4.37. The lowest BCUT2D eigenvalue weighted by molar-refractivity contribution is 0.550. The highest BCUT2D eigenvalue weighted by molar-refractivity contribution is 9.10. The molecule has 0 N–H and O–H groups in total. The fourth-order valence-corrected chi connectivity index (χ4v) is 4.49. The van der Waals surface area contributed by atoms with E-state index in [0.29, 0.717) is 0 Å². The van der Waals surface area contributed by atoms with E-state index >= 15 is 0 Å². The van der Waals surface area contributed by atoms with E-state index in [-0.39, 0.29) is 5.41 Å². The molecule has 2 aromatic rings. The summed E-state index contributed by atoms with van der Waals surface area (Å²) in [5.41, 5.74) is 2.65. The number of halogens is 3. The van der Waals surface area contributed by atoms with Crippen LogP contribution in [0.4, 0.5) is 0 Å². The van der Waals surface area contributed by atoms with Crippen LogP contribution in [0.15, 0.2) is 41.1 Å². The van der Waals surface area contributed by atoms with Crippen LogP contribution in [0.2, 0.25) is 0 Å². The lowest BCUT2D eigenvalue weighted by atomic mass is 9.80. The van der Waals surface area contributed by atoms with Crippen LogP contribution >= 0.6 is 47.8 Å². The summed E-state index contributed by atoms with van der Waals surface area (Å²) in [4.78, 5) is 0. The van der Waals surface area contributed by atoms with Crippen molar-refractivity contribution in [3.63, 3.8) is 0 Å². The van der Waals surface area contributed by atoms with Gasteiger partial charge in [-0.3, -0.25) is 4.68 Å². The first-order valence-electron chi connectivity index (χ1n) is 6.53. The first-order chi connectivity index (χ1) is 9.63. The van der Waals surface area contributed by atoms with Crippen molar-refractivity contribution in [2.75, 3.05) is 10.7 Å². The number of hydrogen-bond acceptors (Lipinski definition) is 1. The van der Waals surface area contributed by atoms with E-state index in [1.807, 2.05) is 10.9 Å². The molecule has 0 saturated heterocycles. The van der Waals surface area contributed by atoms with Gasteiger partial charge in [0.15, 0.2) is 0 Å². The molecule has 0 bridgehead atoms. The van der Waals surface area contributed by atoms with Gasteiger partial charge in [0.2, 0.25) is 0 Å². The highest BCUT2D eigenvalue weighted by Gasteiger charge is 2.30. The summed E-state index contributed by atoms with van der Waals surface area (Å²) in [6.45, 7) is 3.02. The van der Waals surface area contributed by atoms with Gasteiger partial charge in [0, 0.05) is 33.3 Å². The fourth-order valence-electron chi connectivity index (χ4n) is 2.25. The predicted molar refractivity (Wildman–Crippen MR) is 95.0 cm³/mol. The molecule has 0 saturated carbocycles.